The molecule has 672 valence electrons. The molecule has 4 unspecified atom stereocenters. The van der Waals surface area contributed by atoms with Crippen molar-refractivity contribution < 1.29 is 112 Å². The first-order chi connectivity index (χ1) is 64.2. The highest BCUT2D eigenvalue weighted by atomic mass is 19.2. The van der Waals surface area contributed by atoms with E-state index in [0.29, 0.717) is 61.2 Å². The van der Waals surface area contributed by atoms with Gasteiger partial charge in [0, 0.05) is 96.6 Å². The Hall–Kier alpha value is -16.0. The SMILES string of the molecule is COC(=O)OCOc1c2n(ccc1=O)N(C1c3ccccc3-c3ccccc3-c3c1ccc(F)c3F)C1COCCN1C2=O.COC(=O)OCOc1c2n(ccc1=O)N(C1c3ccccc3-c3cncnc3-c3c1ccc(F)c3F)C1COCCN1C2=O.COC(=O)OCOc1c2n(ccc1=O)N([C@@H]1c3ccccc3-c3cncnc3-c3c1ccc(F)c3F)[C@@H]1COCCN1C2=O. The molecule has 6 atom stereocenters. The lowest BCUT2D eigenvalue weighted by atomic mass is 9.91. The number of methoxy groups -OCH3 is 3. The number of rotatable bonds is 12. The zero-order chi connectivity index (χ0) is 91.6. The monoisotopic (exact) mass is 1810 g/mol. The number of morpholine rings is 3. The van der Waals surface area contributed by atoms with Gasteiger partial charge in [-0.2, -0.15) is 0 Å². The number of hydrogen-bond acceptors (Lipinski definition) is 28. The van der Waals surface area contributed by atoms with E-state index in [9.17, 15) is 56.3 Å². The van der Waals surface area contributed by atoms with Gasteiger partial charge in [0.25, 0.3) is 17.7 Å². The molecular formula is C92H71F6N13O21. The lowest BCUT2D eigenvalue weighted by molar-refractivity contribution is -0.0210. The molecule has 9 aliphatic rings. The maximum absolute atomic E-state index is 15.9. The number of fused-ring (bicyclic) bond motifs is 21. The smallest absolute Gasteiger partial charge is 0.451 e. The van der Waals surface area contributed by atoms with Gasteiger partial charge < -0.3 is 71.5 Å². The Bertz CT molecular complexity index is 6290. The van der Waals surface area contributed by atoms with Gasteiger partial charge in [0.15, 0.2) is 52.0 Å². The summed E-state index contributed by atoms with van der Waals surface area (Å²) >= 11 is 0. The molecule has 5 aromatic heterocycles. The van der Waals surface area contributed by atoms with Crippen molar-refractivity contribution in [3.05, 3.63) is 311 Å². The van der Waals surface area contributed by atoms with Gasteiger partial charge in [0.1, 0.15) is 31.2 Å². The molecule has 0 radical (unpaired) electrons. The van der Waals surface area contributed by atoms with E-state index in [1.165, 1.54) is 85.4 Å². The average molecular weight is 1810 g/mol. The minimum absolute atomic E-state index is 0.0608. The van der Waals surface area contributed by atoms with E-state index < -0.39 is 144 Å². The number of amides is 3. The van der Waals surface area contributed by atoms with Gasteiger partial charge in [-0.05, 0) is 79.4 Å². The van der Waals surface area contributed by atoms with E-state index in [2.05, 4.69) is 34.1 Å². The fourth-order valence-electron chi connectivity index (χ4n) is 18.4. The zero-order valence-electron chi connectivity index (χ0n) is 69.6. The van der Waals surface area contributed by atoms with Crippen LogP contribution in [0, 0.1) is 34.9 Å². The van der Waals surface area contributed by atoms with Crippen molar-refractivity contribution in [2.24, 2.45) is 0 Å². The van der Waals surface area contributed by atoms with Crippen molar-refractivity contribution in [2.45, 2.75) is 36.6 Å². The van der Waals surface area contributed by atoms with Crippen LogP contribution in [-0.2, 0) is 42.6 Å². The molecule has 0 bridgehead atoms. The van der Waals surface area contributed by atoms with E-state index >= 15 is 13.2 Å². The number of benzene rings is 7. The van der Waals surface area contributed by atoms with Crippen LogP contribution in [0.3, 0.4) is 0 Å². The highest BCUT2D eigenvalue weighted by Crippen LogP contribution is 2.54. The molecule has 3 saturated heterocycles. The van der Waals surface area contributed by atoms with E-state index in [1.807, 2.05) is 89.9 Å². The number of carbonyl (C=O) groups excluding carboxylic acids is 6. The van der Waals surface area contributed by atoms with Crippen LogP contribution in [-0.4, -0.2) is 204 Å². The second kappa shape index (κ2) is 35.2. The van der Waals surface area contributed by atoms with Crippen molar-refractivity contribution in [2.75, 3.05) is 116 Å². The van der Waals surface area contributed by atoms with Gasteiger partial charge in [0.2, 0.25) is 53.9 Å². The first kappa shape index (κ1) is 85.5. The summed E-state index contributed by atoms with van der Waals surface area (Å²) in [5.41, 5.74) is 5.66. The first-order valence-electron chi connectivity index (χ1n) is 40.9. The van der Waals surface area contributed by atoms with Gasteiger partial charge in [0.05, 0.1) is 90.5 Å². The van der Waals surface area contributed by atoms with Gasteiger partial charge in [-0.1, -0.05) is 115 Å². The zero-order valence-corrected chi connectivity index (χ0v) is 69.6. The third kappa shape index (κ3) is 14.5. The Labute approximate surface area is 741 Å². The third-order valence-electron chi connectivity index (χ3n) is 23.9. The minimum Gasteiger partial charge on any atom is -0.451 e. The van der Waals surface area contributed by atoms with E-state index in [4.69, 9.17) is 42.6 Å². The Balaban J connectivity index is 0.000000128. The predicted octanol–water partition coefficient (Wildman–Crippen LogP) is 10.9. The molecule has 3 amide bonds. The molecule has 40 heteroatoms. The maximum Gasteiger partial charge on any atom is 0.510 e. The van der Waals surface area contributed by atoms with Crippen LogP contribution in [0.4, 0.5) is 40.7 Å². The van der Waals surface area contributed by atoms with Gasteiger partial charge in [-0.15, -0.1) is 0 Å². The number of nitrogens with zero attached hydrogens (tertiary/aromatic N) is 13. The predicted molar refractivity (Wildman–Crippen MR) is 449 cm³/mol. The molecule has 132 heavy (non-hydrogen) atoms. The number of carbonyl (C=O) groups is 6. The third-order valence-corrected chi connectivity index (χ3v) is 23.9. The molecule has 3 fully saturated rings. The summed E-state index contributed by atoms with van der Waals surface area (Å²) in [6.07, 6.45) is 4.60. The summed E-state index contributed by atoms with van der Waals surface area (Å²) < 4.78 is 159. The molecule has 0 N–H and O–H groups in total. The molecule has 7 aromatic carbocycles. The Kier molecular flexibility index (Phi) is 22.8. The first-order valence-corrected chi connectivity index (χ1v) is 40.9. The highest BCUT2D eigenvalue weighted by molar-refractivity contribution is 6.00. The summed E-state index contributed by atoms with van der Waals surface area (Å²) in [5, 5.41) is 5.37. The number of ether oxygens (including phenoxy) is 12. The standard InChI is InChI=1S/C32H25F2N3O7.2C30H23F2N5O7/c1-41-32(40)44-17-43-30-24(38)12-13-36-29(30)31(39)35-14-15-42-16-25(35)37(36)28-21-9-5-3-7-19(21)18-6-2-4-8-20(18)26-22(28)10-11-23(33)27(26)34;2*1-41-30(40)44-15-43-28-21(38)8-9-36-27(28)29(39)35-10-11-42-13-22(35)37(36)26-17-5-3-2-4-16(17)19-12-33-14-34-25(19)23-18(26)6-7-20(31)24(23)32/h2-13,25,28H,14-17H2,1H3;2*2-9,12,14,22,26H,10-11,13,15H2,1H3/t;22-,26-;/m.1./s1. The van der Waals surface area contributed by atoms with Gasteiger partial charge >= 0.3 is 18.5 Å². The molecule has 3 aliphatic carbocycles. The molecule has 12 aromatic rings. The second-order valence-corrected chi connectivity index (χ2v) is 30.6. The molecular weight excluding hydrogens is 1740 g/mol. The fraction of sp³-hybridized carbons (Fsp3) is 0.228. The highest BCUT2D eigenvalue weighted by Gasteiger charge is 2.52. The Morgan fingerprint density at radius 2 is 0.667 bits per heavy atom. The van der Waals surface area contributed by atoms with E-state index in [1.54, 1.807) is 45.5 Å². The Morgan fingerprint density at radius 1 is 0.364 bits per heavy atom. The van der Waals surface area contributed by atoms with Gasteiger partial charge in [-0.3, -0.25) is 57.8 Å². The molecule has 34 nitrogen and oxygen atoms in total. The fourth-order valence-corrected chi connectivity index (χ4v) is 18.4. The minimum atomic E-state index is -1.09. The van der Waals surface area contributed by atoms with Crippen LogP contribution in [0.1, 0.15) is 83.0 Å². The molecule has 21 rings (SSSR count). The quantitative estimate of drug-likeness (QED) is 0.0474. The summed E-state index contributed by atoms with van der Waals surface area (Å²) in [5.74, 6) is -8.91. The van der Waals surface area contributed by atoms with E-state index in [-0.39, 0.29) is 122 Å². The number of aromatic nitrogens is 7. The van der Waals surface area contributed by atoms with Crippen molar-refractivity contribution in [1.82, 2.24) is 48.7 Å². The summed E-state index contributed by atoms with van der Waals surface area (Å²) in [6.45, 7) is -0.598. The molecule has 11 heterocycles. The van der Waals surface area contributed by atoms with Crippen LogP contribution < -0.4 is 45.5 Å². The van der Waals surface area contributed by atoms with Crippen LogP contribution in [0.25, 0.3) is 67.0 Å². The van der Waals surface area contributed by atoms with Crippen LogP contribution >= 0.6 is 0 Å². The number of halogens is 6. The largest absolute Gasteiger partial charge is 0.510 e. The van der Waals surface area contributed by atoms with Crippen molar-refractivity contribution in [3.63, 3.8) is 0 Å². The summed E-state index contributed by atoms with van der Waals surface area (Å²) in [4.78, 5) is 138. The summed E-state index contributed by atoms with van der Waals surface area (Å²) in [7, 11) is 3.35. The normalized spacial score (nSPS) is 18.2. The average Bonchev–Trinajstić information content (AvgIpc) is 1.69. The van der Waals surface area contributed by atoms with E-state index in [0.717, 1.165) is 50.7 Å². The van der Waals surface area contributed by atoms with Crippen LogP contribution in [0.5, 0.6) is 17.2 Å². The van der Waals surface area contributed by atoms with Crippen molar-refractivity contribution >= 4 is 36.2 Å². The molecule has 0 saturated carbocycles. The Morgan fingerprint density at radius 3 is 1.01 bits per heavy atom. The van der Waals surface area contributed by atoms with Gasteiger partial charge in [-0.25, -0.2) is 60.7 Å². The molecule has 0 spiro atoms. The van der Waals surface area contributed by atoms with Crippen LogP contribution in [0.2, 0.25) is 0 Å². The lowest BCUT2D eigenvalue weighted by Gasteiger charge is -2.51. The maximum atomic E-state index is 15.9. The lowest BCUT2D eigenvalue weighted by Crippen LogP contribution is -2.66. The number of pyridine rings is 3. The summed E-state index contributed by atoms with van der Waals surface area (Å²) in [6, 6.07) is 38.2. The number of hydrogen-bond donors (Lipinski definition) is 0. The second-order valence-electron chi connectivity index (χ2n) is 30.6. The van der Waals surface area contributed by atoms with Crippen molar-refractivity contribution in [3.8, 4) is 84.3 Å². The van der Waals surface area contributed by atoms with Crippen molar-refractivity contribution in [1.29, 1.82) is 0 Å². The van der Waals surface area contributed by atoms with Crippen LogP contribution in [0.15, 0.2) is 210 Å². The molecule has 6 aliphatic heterocycles. The topological polar surface area (TPSA) is 350 Å².